The summed E-state index contributed by atoms with van der Waals surface area (Å²) in [7, 11) is 1.72. The molecule has 3 rings (SSSR count). The Morgan fingerprint density at radius 3 is 3.27 bits per heavy atom. The van der Waals surface area contributed by atoms with Crippen molar-refractivity contribution in [2.24, 2.45) is 0 Å². The maximum absolute atomic E-state index is 4.86. The Labute approximate surface area is 92.2 Å². The molecule has 1 saturated heterocycles. The van der Waals surface area contributed by atoms with Gasteiger partial charge >= 0.3 is 7.48 Å². The van der Waals surface area contributed by atoms with Crippen LogP contribution in [0, 0.1) is 6.92 Å². The van der Waals surface area contributed by atoms with Crippen LogP contribution in [-0.2, 0) is 9.69 Å². The van der Waals surface area contributed by atoms with Crippen molar-refractivity contribution in [3.05, 3.63) is 28.8 Å². The van der Waals surface area contributed by atoms with Crippen LogP contribution in [0.4, 0.5) is 0 Å². The number of hydrogen-bond acceptors (Lipinski definition) is 4. The SMILES string of the molecule is Cc1nc2cc(C3[B]OOC3)ccc2s1. The van der Waals surface area contributed by atoms with Gasteiger partial charge in [-0.3, -0.25) is 4.89 Å². The molecule has 1 aliphatic heterocycles. The molecule has 1 unspecified atom stereocenters. The molecule has 0 aliphatic carbocycles. The molecule has 0 amide bonds. The van der Waals surface area contributed by atoms with Crippen molar-refractivity contribution < 1.29 is 9.69 Å². The molecule has 15 heavy (non-hydrogen) atoms. The van der Waals surface area contributed by atoms with Gasteiger partial charge in [0.1, 0.15) is 0 Å². The Morgan fingerprint density at radius 1 is 1.53 bits per heavy atom. The molecule has 1 radical (unpaired) electrons. The molecule has 1 atom stereocenters. The number of nitrogens with zero attached hydrogens (tertiary/aromatic N) is 1. The van der Waals surface area contributed by atoms with Crippen molar-refractivity contribution in [3.63, 3.8) is 0 Å². The fraction of sp³-hybridized carbons (Fsp3) is 0.300. The number of aryl methyl sites for hydroxylation is 1. The van der Waals surface area contributed by atoms with Crippen LogP contribution in [0.1, 0.15) is 16.4 Å². The van der Waals surface area contributed by atoms with Crippen LogP contribution in [0.15, 0.2) is 18.2 Å². The fourth-order valence-corrected chi connectivity index (χ4v) is 2.53. The topological polar surface area (TPSA) is 31.4 Å². The molecule has 1 aliphatic rings. The lowest BCUT2D eigenvalue weighted by atomic mass is 9.77. The van der Waals surface area contributed by atoms with E-state index in [0.717, 1.165) is 10.5 Å². The van der Waals surface area contributed by atoms with E-state index in [-0.39, 0.29) is 5.82 Å². The summed E-state index contributed by atoms with van der Waals surface area (Å²) < 4.78 is 1.23. The number of hydrogen-bond donors (Lipinski definition) is 0. The van der Waals surface area contributed by atoms with Crippen molar-refractivity contribution in [2.45, 2.75) is 12.7 Å². The van der Waals surface area contributed by atoms with E-state index >= 15 is 0 Å². The number of fused-ring (bicyclic) bond motifs is 1. The fourth-order valence-electron chi connectivity index (χ4n) is 1.72. The van der Waals surface area contributed by atoms with Gasteiger partial charge in [0.05, 0.1) is 21.8 Å². The van der Waals surface area contributed by atoms with Crippen molar-refractivity contribution in [2.75, 3.05) is 6.61 Å². The lowest BCUT2D eigenvalue weighted by Crippen LogP contribution is -2.03. The monoisotopic (exact) mass is 218 g/mol. The summed E-state index contributed by atoms with van der Waals surface area (Å²) in [5, 5.41) is 1.10. The second kappa shape index (κ2) is 3.59. The van der Waals surface area contributed by atoms with Gasteiger partial charge in [-0.2, -0.15) is 0 Å². The molecule has 2 heterocycles. The summed E-state index contributed by atoms with van der Waals surface area (Å²) in [5.41, 5.74) is 2.26. The van der Waals surface area contributed by atoms with E-state index in [1.165, 1.54) is 10.3 Å². The molecule has 0 saturated carbocycles. The first-order chi connectivity index (χ1) is 7.33. The Morgan fingerprint density at radius 2 is 2.47 bits per heavy atom. The highest BCUT2D eigenvalue weighted by Gasteiger charge is 2.22. The Balaban J connectivity index is 2.04. The minimum Gasteiger partial charge on any atom is -0.310 e. The van der Waals surface area contributed by atoms with Gasteiger partial charge in [0.15, 0.2) is 0 Å². The highest BCUT2D eigenvalue weighted by atomic mass is 32.1. The van der Waals surface area contributed by atoms with Crippen molar-refractivity contribution in [1.29, 1.82) is 0 Å². The zero-order chi connectivity index (χ0) is 10.3. The van der Waals surface area contributed by atoms with E-state index in [1.54, 1.807) is 18.8 Å². The lowest BCUT2D eigenvalue weighted by molar-refractivity contribution is -0.183. The third-order valence-corrected chi connectivity index (χ3v) is 3.43. The summed E-state index contributed by atoms with van der Waals surface area (Å²) in [6, 6.07) is 6.33. The standard InChI is InChI=1S/C10H9BNO2S/c1-6-12-9-4-7(2-3-10(9)15-6)8-5-13-14-11-8/h2-4,8H,5H2,1H3. The predicted molar refractivity (Wildman–Crippen MR) is 59.9 cm³/mol. The maximum atomic E-state index is 4.86. The van der Waals surface area contributed by atoms with Gasteiger partial charge in [-0.25, -0.2) is 4.98 Å². The Hall–Kier alpha value is -0.905. The number of thiazole rings is 1. The molecule has 75 valence electrons. The first-order valence-corrected chi connectivity index (χ1v) is 5.63. The van der Waals surface area contributed by atoms with Gasteiger partial charge in [0, 0.05) is 5.82 Å². The van der Waals surface area contributed by atoms with Crippen LogP contribution < -0.4 is 0 Å². The van der Waals surface area contributed by atoms with E-state index in [9.17, 15) is 0 Å². The molecule has 1 aromatic heterocycles. The molecular formula is C10H9BNO2S. The van der Waals surface area contributed by atoms with Crippen LogP contribution in [0.5, 0.6) is 0 Å². The summed E-state index contributed by atoms with van der Waals surface area (Å²) in [4.78, 5) is 14.1. The first-order valence-electron chi connectivity index (χ1n) is 4.81. The van der Waals surface area contributed by atoms with E-state index in [4.69, 9.17) is 9.69 Å². The van der Waals surface area contributed by atoms with Gasteiger partial charge in [-0.1, -0.05) is 6.07 Å². The average Bonchev–Trinajstić information content (AvgIpc) is 2.82. The van der Waals surface area contributed by atoms with E-state index in [0.29, 0.717) is 6.61 Å². The molecule has 5 heteroatoms. The lowest BCUT2D eigenvalue weighted by Gasteiger charge is -2.03. The molecule has 2 aromatic rings. The maximum Gasteiger partial charge on any atom is 0.354 e. The van der Waals surface area contributed by atoms with Gasteiger partial charge < -0.3 is 4.81 Å². The summed E-state index contributed by atoms with van der Waals surface area (Å²) in [6.07, 6.45) is 0. The molecule has 3 nitrogen and oxygen atoms in total. The highest BCUT2D eigenvalue weighted by molar-refractivity contribution is 7.18. The molecular weight excluding hydrogens is 209 g/mol. The second-order valence-corrected chi connectivity index (χ2v) is 4.82. The molecule has 0 spiro atoms. The van der Waals surface area contributed by atoms with Crippen LogP contribution in [0.2, 0.25) is 0 Å². The quantitative estimate of drug-likeness (QED) is 0.543. The van der Waals surface area contributed by atoms with Gasteiger partial charge in [-0.15, -0.1) is 11.3 Å². The normalized spacial score (nSPS) is 20.7. The third kappa shape index (κ3) is 1.67. The average molecular weight is 218 g/mol. The summed E-state index contributed by atoms with van der Waals surface area (Å²) in [5.74, 6) is 0.233. The van der Waals surface area contributed by atoms with Gasteiger partial charge in [0.25, 0.3) is 0 Å². The van der Waals surface area contributed by atoms with Crippen molar-refractivity contribution in [3.8, 4) is 0 Å². The zero-order valence-corrected chi connectivity index (χ0v) is 9.08. The van der Waals surface area contributed by atoms with Crippen molar-refractivity contribution >= 4 is 29.0 Å². The molecule has 0 bridgehead atoms. The smallest absolute Gasteiger partial charge is 0.310 e. The van der Waals surface area contributed by atoms with E-state index < -0.39 is 0 Å². The van der Waals surface area contributed by atoms with Crippen LogP contribution in [-0.4, -0.2) is 19.1 Å². The molecule has 1 fully saturated rings. The molecule has 0 N–H and O–H groups in total. The van der Waals surface area contributed by atoms with Crippen LogP contribution in [0.3, 0.4) is 0 Å². The summed E-state index contributed by atoms with van der Waals surface area (Å²) >= 11 is 1.72. The Kier molecular flexibility index (Phi) is 2.23. The van der Waals surface area contributed by atoms with E-state index in [2.05, 4.69) is 23.2 Å². The molecule has 1 aromatic carbocycles. The highest BCUT2D eigenvalue weighted by Crippen LogP contribution is 2.27. The predicted octanol–water partition coefficient (Wildman–Crippen LogP) is 2.23. The first kappa shape index (κ1) is 9.33. The largest absolute Gasteiger partial charge is 0.354 e. The van der Waals surface area contributed by atoms with Crippen LogP contribution in [0.25, 0.3) is 10.2 Å². The summed E-state index contributed by atoms with van der Waals surface area (Å²) in [6.45, 7) is 2.62. The van der Waals surface area contributed by atoms with Gasteiger partial charge in [0.2, 0.25) is 0 Å². The Bertz CT molecular complexity index is 493. The number of aromatic nitrogens is 1. The van der Waals surface area contributed by atoms with Crippen LogP contribution >= 0.6 is 11.3 Å². The minimum absolute atomic E-state index is 0.233. The van der Waals surface area contributed by atoms with Gasteiger partial charge in [-0.05, 0) is 24.6 Å². The third-order valence-electron chi connectivity index (χ3n) is 2.48. The number of benzene rings is 1. The minimum atomic E-state index is 0.233. The van der Waals surface area contributed by atoms with Crippen molar-refractivity contribution in [1.82, 2.24) is 4.98 Å². The number of rotatable bonds is 1. The van der Waals surface area contributed by atoms with E-state index in [1.807, 2.05) is 6.92 Å². The second-order valence-electron chi connectivity index (χ2n) is 3.58. The zero-order valence-electron chi connectivity index (χ0n) is 8.27.